The van der Waals surface area contributed by atoms with E-state index < -0.39 is 0 Å². The lowest BCUT2D eigenvalue weighted by Gasteiger charge is -2.32. The first-order valence-corrected chi connectivity index (χ1v) is 9.04. The van der Waals surface area contributed by atoms with Gasteiger partial charge in [0.1, 0.15) is 17.3 Å². The molecule has 1 N–H and O–H groups in total. The molecule has 0 radical (unpaired) electrons. The summed E-state index contributed by atoms with van der Waals surface area (Å²) >= 11 is 0. The Morgan fingerprint density at radius 2 is 2.19 bits per heavy atom. The Hall–Kier alpha value is -2.57. The van der Waals surface area contributed by atoms with Crippen molar-refractivity contribution in [1.29, 1.82) is 0 Å². The third-order valence-corrected chi connectivity index (χ3v) is 4.79. The molecule has 2 aromatic rings. The number of rotatable bonds is 6. The molecule has 1 aliphatic rings. The molecule has 0 saturated carbocycles. The van der Waals surface area contributed by atoms with E-state index in [2.05, 4.69) is 10.3 Å². The molecule has 1 saturated heterocycles. The Morgan fingerprint density at radius 1 is 1.35 bits per heavy atom. The average Bonchev–Trinajstić information content (AvgIpc) is 3.26. The lowest BCUT2D eigenvalue weighted by Crippen LogP contribution is -2.40. The van der Waals surface area contributed by atoms with Gasteiger partial charge >= 0.3 is 0 Å². The van der Waals surface area contributed by atoms with E-state index in [1.54, 1.807) is 6.92 Å². The Bertz CT molecular complexity index is 764. The van der Waals surface area contributed by atoms with Crippen molar-refractivity contribution < 1.29 is 18.4 Å². The van der Waals surface area contributed by atoms with Crippen LogP contribution in [0.5, 0.6) is 0 Å². The zero-order chi connectivity index (χ0) is 18.5. The lowest BCUT2D eigenvalue weighted by molar-refractivity contribution is -0.121. The highest BCUT2D eigenvalue weighted by Crippen LogP contribution is 2.23. The third-order valence-electron chi connectivity index (χ3n) is 4.79. The van der Waals surface area contributed by atoms with Crippen LogP contribution in [0.4, 0.5) is 0 Å². The van der Waals surface area contributed by atoms with Gasteiger partial charge in [-0.2, -0.15) is 0 Å². The number of piperidine rings is 1. The van der Waals surface area contributed by atoms with Crippen LogP contribution >= 0.6 is 0 Å². The van der Waals surface area contributed by atoms with Crippen molar-refractivity contribution in [2.75, 3.05) is 13.1 Å². The molecule has 140 valence electrons. The molecule has 2 amide bonds. The highest BCUT2D eigenvalue weighted by molar-refractivity contribution is 5.93. The van der Waals surface area contributed by atoms with E-state index in [1.165, 1.54) is 6.39 Å². The first kappa shape index (κ1) is 18.2. The van der Waals surface area contributed by atoms with E-state index >= 15 is 0 Å². The standard InChI is InChI=1S/C19H25N3O4/c1-13-5-7-16(26-13)10-20-17(23)8-6-15-4-3-9-22(11-15)19(24)18-14(2)25-12-21-18/h5,7,12,15H,3-4,6,8-11H2,1-2H3,(H,20,23). The Labute approximate surface area is 152 Å². The maximum Gasteiger partial charge on any atom is 0.276 e. The van der Waals surface area contributed by atoms with Gasteiger partial charge in [0, 0.05) is 19.5 Å². The Balaban J connectivity index is 1.44. The molecule has 7 nitrogen and oxygen atoms in total. The number of carbonyl (C=O) groups excluding carboxylic acids is 2. The monoisotopic (exact) mass is 359 g/mol. The first-order chi connectivity index (χ1) is 12.5. The summed E-state index contributed by atoms with van der Waals surface area (Å²) in [6, 6.07) is 3.75. The van der Waals surface area contributed by atoms with Gasteiger partial charge in [-0.25, -0.2) is 4.98 Å². The number of hydrogen-bond acceptors (Lipinski definition) is 5. The number of aryl methyl sites for hydroxylation is 2. The van der Waals surface area contributed by atoms with Crippen LogP contribution in [-0.2, 0) is 11.3 Å². The second kappa shape index (κ2) is 8.21. The van der Waals surface area contributed by atoms with Gasteiger partial charge in [-0.15, -0.1) is 0 Å². The topological polar surface area (TPSA) is 88.6 Å². The van der Waals surface area contributed by atoms with E-state index in [9.17, 15) is 9.59 Å². The first-order valence-electron chi connectivity index (χ1n) is 9.04. The molecule has 0 aliphatic carbocycles. The van der Waals surface area contributed by atoms with Crippen LogP contribution in [0, 0.1) is 19.8 Å². The number of carbonyl (C=O) groups is 2. The predicted molar refractivity (Wildman–Crippen MR) is 94.4 cm³/mol. The predicted octanol–water partition coefficient (Wildman–Crippen LogP) is 2.83. The average molecular weight is 359 g/mol. The van der Waals surface area contributed by atoms with Gasteiger partial charge in [0.15, 0.2) is 12.1 Å². The molecule has 2 aromatic heterocycles. The van der Waals surface area contributed by atoms with Crippen molar-refractivity contribution in [3.63, 3.8) is 0 Å². The van der Waals surface area contributed by atoms with E-state index in [1.807, 2.05) is 24.0 Å². The van der Waals surface area contributed by atoms with Crippen LogP contribution in [0.15, 0.2) is 27.4 Å². The van der Waals surface area contributed by atoms with Crippen molar-refractivity contribution in [1.82, 2.24) is 15.2 Å². The SMILES string of the molecule is Cc1ccc(CNC(=O)CCC2CCCN(C(=O)c3ncoc3C)C2)o1. The molecule has 1 unspecified atom stereocenters. The van der Waals surface area contributed by atoms with Crippen LogP contribution in [0.1, 0.15) is 53.5 Å². The number of oxazole rings is 1. The normalized spacial score (nSPS) is 17.3. The zero-order valence-electron chi connectivity index (χ0n) is 15.3. The Kier molecular flexibility index (Phi) is 5.75. The number of nitrogens with one attached hydrogen (secondary N) is 1. The lowest BCUT2D eigenvalue weighted by atomic mass is 9.93. The van der Waals surface area contributed by atoms with E-state index in [-0.39, 0.29) is 11.8 Å². The summed E-state index contributed by atoms with van der Waals surface area (Å²) in [4.78, 5) is 30.4. The van der Waals surface area contributed by atoms with Crippen LogP contribution in [-0.4, -0.2) is 34.8 Å². The maximum absolute atomic E-state index is 12.5. The van der Waals surface area contributed by atoms with Crippen LogP contribution in [0.2, 0.25) is 0 Å². The third kappa shape index (κ3) is 4.53. The van der Waals surface area contributed by atoms with Crippen molar-refractivity contribution in [3.8, 4) is 0 Å². The molecule has 1 fully saturated rings. The molecule has 3 heterocycles. The molecule has 7 heteroatoms. The highest BCUT2D eigenvalue weighted by atomic mass is 16.3. The summed E-state index contributed by atoms with van der Waals surface area (Å²) in [5, 5.41) is 2.88. The zero-order valence-corrected chi connectivity index (χ0v) is 15.3. The minimum absolute atomic E-state index is 0.00912. The van der Waals surface area contributed by atoms with Crippen molar-refractivity contribution >= 4 is 11.8 Å². The number of amides is 2. The van der Waals surface area contributed by atoms with Gasteiger partial charge in [0.25, 0.3) is 5.91 Å². The van der Waals surface area contributed by atoms with Crippen LogP contribution in [0.3, 0.4) is 0 Å². The summed E-state index contributed by atoms with van der Waals surface area (Å²) in [6.45, 7) is 5.42. The fourth-order valence-corrected chi connectivity index (χ4v) is 3.33. The molecule has 0 aromatic carbocycles. The molecule has 0 bridgehead atoms. The number of hydrogen-bond donors (Lipinski definition) is 1. The van der Waals surface area contributed by atoms with Gasteiger partial charge in [-0.3, -0.25) is 9.59 Å². The number of furan rings is 1. The van der Waals surface area contributed by atoms with E-state index in [0.29, 0.717) is 36.9 Å². The van der Waals surface area contributed by atoms with Gasteiger partial charge in [0.05, 0.1) is 6.54 Å². The molecular formula is C19H25N3O4. The fraction of sp³-hybridized carbons (Fsp3) is 0.526. The smallest absolute Gasteiger partial charge is 0.276 e. The summed E-state index contributed by atoms with van der Waals surface area (Å²) in [6.07, 6.45) is 4.50. The molecular weight excluding hydrogens is 334 g/mol. The van der Waals surface area contributed by atoms with Crippen molar-refractivity contribution in [2.45, 2.75) is 46.1 Å². The summed E-state index contributed by atoms with van der Waals surface area (Å²) in [5.41, 5.74) is 0.386. The number of nitrogens with zero attached hydrogens (tertiary/aromatic N) is 2. The van der Waals surface area contributed by atoms with Gasteiger partial charge in [0.2, 0.25) is 5.91 Å². The van der Waals surface area contributed by atoms with Crippen LogP contribution in [0.25, 0.3) is 0 Å². The van der Waals surface area contributed by atoms with E-state index in [0.717, 1.165) is 37.3 Å². The summed E-state index contributed by atoms with van der Waals surface area (Å²) in [7, 11) is 0. The Morgan fingerprint density at radius 3 is 2.88 bits per heavy atom. The molecule has 1 atom stereocenters. The maximum atomic E-state index is 12.5. The van der Waals surface area contributed by atoms with Crippen LogP contribution < -0.4 is 5.32 Å². The molecule has 3 rings (SSSR count). The quantitative estimate of drug-likeness (QED) is 0.857. The fourth-order valence-electron chi connectivity index (χ4n) is 3.33. The van der Waals surface area contributed by atoms with Crippen molar-refractivity contribution in [3.05, 3.63) is 41.5 Å². The minimum atomic E-state index is -0.0846. The van der Waals surface area contributed by atoms with Crippen molar-refractivity contribution in [2.24, 2.45) is 5.92 Å². The minimum Gasteiger partial charge on any atom is -0.465 e. The number of aromatic nitrogens is 1. The van der Waals surface area contributed by atoms with E-state index in [4.69, 9.17) is 8.83 Å². The summed E-state index contributed by atoms with van der Waals surface area (Å²) in [5.74, 6) is 2.39. The second-order valence-electron chi connectivity index (χ2n) is 6.84. The summed E-state index contributed by atoms with van der Waals surface area (Å²) < 4.78 is 10.6. The molecule has 1 aliphatic heterocycles. The number of likely N-dealkylation sites (tertiary alicyclic amines) is 1. The molecule has 26 heavy (non-hydrogen) atoms. The van der Waals surface area contributed by atoms with Gasteiger partial charge < -0.3 is 19.1 Å². The second-order valence-corrected chi connectivity index (χ2v) is 6.84. The largest absolute Gasteiger partial charge is 0.465 e. The molecule has 0 spiro atoms. The van der Waals surface area contributed by atoms with Gasteiger partial charge in [-0.1, -0.05) is 0 Å². The van der Waals surface area contributed by atoms with Gasteiger partial charge in [-0.05, 0) is 51.2 Å². The highest BCUT2D eigenvalue weighted by Gasteiger charge is 2.27.